The number of benzene rings is 1. The Hall–Kier alpha value is -1.99. The maximum absolute atomic E-state index is 11.8. The average molecular weight is 253 g/mol. The van der Waals surface area contributed by atoms with Crippen LogP contribution in [0.5, 0.6) is 0 Å². The van der Waals surface area contributed by atoms with Crippen molar-refractivity contribution in [3.05, 3.63) is 39.9 Å². The molecule has 0 saturated carbocycles. The minimum absolute atomic E-state index is 0.137. The quantitative estimate of drug-likeness (QED) is 0.499. The zero-order valence-electron chi connectivity index (χ0n) is 10.4. The summed E-state index contributed by atoms with van der Waals surface area (Å²) in [4.78, 5) is 26.8. The van der Waals surface area contributed by atoms with Crippen molar-refractivity contribution >= 4 is 11.7 Å². The highest BCUT2D eigenvalue weighted by Gasteiger charge is 2.26. The number of carbonyl (C=O) groups excluding carboxylic acids is 1. The van der Waals surface area contributed by atoms with E-state index in [1.165, 1.54) is 24.3 Å². The van der Waals surface area contributed by atoms with Gasteiger partial charge in [-0.25, -0.2) is 10.6 Å². The molecule has 0 bridgehead atoms. The molecule has 18 heavy (non-hydrogen) atoms. The Morgan fingerprint density at radius 2 is 1.94 bits per heavy atom. The molecule has 0 aliphatic rings. The molecule has 1 aromatic rings. The van der Waals surface area contributed by atoms with Crippen LogP contribution in [0.1, 0.15) is 31.1 Å². The molecule has 1 aromatic carbocycles. The van der Waals surface area contributed by atoms with E-state index in [1.54, 1.807) is 20.8 Å². The van der Waals surface area contributed by atoms with Gasteiger partial charge in [0.2, 0.25) is 0 Å². The highest BCUT2D eigenvalue weighted by Crippen LogP contribution is 2.20. The van der Waals surface area contributed by atoms with Crippen molar-refractivity contribution in [1.82, 2.24) is 5.17 Å². The molecular weight excluding hydrogens is 238 g/mol. The first-order valence-electron chi connectivity index (χ1n) is 5.24. The van der Waals surface area contributed by atoms with E-state index in [0.29, 0.717) is 0 Å². The zero-order chi connectivity index (χ0) is 13.9. The largest absolute Gasteiger partial charge is 0.365 e. The number of hydrogen-bond donors (Lipinski definition) is 1. The third-order valence-electron chi connectivity index (χ3n) is 2.16. The van der Waals surface area contributed by atoms with E-state index in [4.69, 9.17) is 10.7 Å². The van der Waals surface area contributed by atoms with Crippen LogP contribution in [0.3, 0.4) is 0 Å². The summed E-state index contributed by atoms with van der Waals surface area (Å²) in [5.41, 5.74) is -1.05. The number of rotatable bonds is 3. The van der Waals surface area contributed by atoms with Gasteiger partial charge >= 0.3 is 5.97 Å². The van der Waals surface area contributed by atoms with Gasteiger partial charge in [0, 0.05) is 6.07 Å². The predicted octanol–water partition coefficient (Wildman–Crippen LogP) is 1.64. The molecule has 0 unspecified atom stereocenters. The third-order valence-corrected chi connectivity index (χ3v) is 2.16. The maximum atomic E-state index is 11.8. The van der Waals surface area contributed by atoms with Gasteiger partial charge in [0.1, 0.15) is 5.56 Å². The third kappa shape index (κ3) is 3.25. The van der Waals surface area contributed by atoms with Gasteiger partial charge in [0.05, 0.1) is 10.5 Å². The molecule has 0 aromatic heterocycles. The molecule has 0 saturated heterocycles. The number of nitro groups is 1. The predicted molar refractivity (Wildman–Crippen MR) is 64.3 cm³/mol. The van der Waals surface area contributed by atoms with E-state index >= 15 is 0 Å². The van der Waals surface area contributed by atoms with Gasteiger partial charge in [-0.05, 0) is 26.8 Å². The summed E-state index contributed by atoms with van der Waals surface area (Å²) in [5, 5.41) is 11.6. The molecule has 1 rings (SSSR count). The molecule has 0 aliphatic carbocycles. The summed E-state index contributed by atoms with van der Waals surface area (Å²) in [6.45, 7) is 5.21. The number of hydrazine groups is 1. The van der Waals surface area contributed by atoms with Crippen molar-refractivity contribution in [2.24, 2.45) is 5.84 Å². The van der Waals surface area contributed by atoms with Crippen molar-refractivity contribution in [3.63, 3.8) is 0 Å². The SMILES string of the molecule is CC(C)(C)N(N)OC(=O)c1ccccc1[N+](=O)[O-]. The van der Waals surface area contributed by atoms with E-state index in [2.05, 4.69) is 0 Å². The molecule has 0 fully saturated rings. The molecule has 0 heterocycles. The van der Waals surface area contributed by atoms with Crippen LogP contribution >= 0.6 is 0 Å². The van der Waals surface area contributed by atoms with Gasteiger partial charge in [0.25, 0.3) is 5.69 Å². The van der Waals surface area contributed by atoms with E-state index in [1.807, 2.05) is 0 Å². The Bertz CT molecular complexity index is 468. The lowest BCUT2D eigenvalue weighted by atomic mass is 10.1. The molecule has 7 heteroatoms. The fourth-order valence-electron chi connectivity index (χ4n) is 1.08. The van der Waals surface area contributed by atoms with Crippen LogP contribution in [0.25, 0.3) is 0 Å². The molecule has 0 amide bonds. The molecule has 7 nitrogen and oxygen atoms in total. The Labute approximate surface area is 104 Å². The lowest BCUT2D eigenvalue weighted by Gasteiger charge is -2.28. The Morgan fingerprint density at radius 1 is 1.39 bits per heavy atom. The molecule has 0 aliphatic heterocycles. The summed E-state index contributed by atoms with van der Waals surface area (Å²) >= 11 is 0. The number of nitrogens with two attached hydrogens (primary N) is 1. The van der Waals surface area contributed by atoms with Crippen molar-refractivity contribution in [1.29, 1.82) is 0 Å². The van der Waals surface area contributed by atoms with Crippen LogP contribution in [0, 0.1) is 10.1 Å². The van der Waals surface area contributed by atoms with Crippen LogP contribution in [-0.4, -0.2) is 21.6 Å². The van der Waals surface area contributed by atoms with Gasteiger partial charge in [0.15, 0.2) is 0 Å². The number of nitro benzene ring substituents is 1. The fraction of sp³-hybridized carbons (Fsp3) is 0.364. The summed E-state index contributed by atoms with van der Waals surface area (Å²) < 4.78 is 0. The molecular formula is C11H15N3O4. The molecule has 0 atom stereocenters. The van der Waals surface area contributed by atoms with Crippen molar-refractivity contribution in [2.75, 3.05) is 0 Å². The Balaban J connectivity index is 2.95. The zero-order valence-corrected chi connectivity index (χ0v) is 10.4. The first-order valence-corrected chi connectivity index (χ1v) is 5.24. The molecule has 98 valence electrons. The van der Waals surface area contributed by atoms with Crippen LogP contribution in [-0.2, 0) is 4.84 Å². The summed E-state index contributed by atoms with van der Waals surface area (Å²) in [6, 6.07) is 5.53. The maximum Gasteiger partial charge on any atom is 0.365 e. The van der Waals surface area contributed by atoms with E-state index < -0.39 is 16.4 Å². The van der Waals surface area contributed by atoms with Crippen LogP contribution in [0.4, 0.5) is 5.69 Å². The molecule has 2 N–H and O–H groups in total. The Morgan fingerprint density at radius 3 is 2.44 bits per heavy atom. The summed E-state index contributed by atoms with van der Waals surface area (Å²) in [6.07, 6.45) is 0. The topological polar surface area (TPSA) is 98.7 Å². The normalized spacial score (nSPS) is 11.4. The lowest BCUT2D eigenvalue weighted by Crippen LogP contribution is -2.47. The van der Waals surface area contributed by atoms with E-state index in [9.17, 15) is 14.9 Å². The van der Waals surface area contributed by atoms with Crippen LogP contribution < -0.4 is 5.84 Å². The lowest BCUT2D eigenvalue weighted by molar-refractivity contribution is -0.385. The van der Waals surface area contributed by atoms with Gasteiger partial charge in [-0.15, -0.1) is 0 Å². The van der Waals surface area contributed by atoms with Gasteiger partial charge in [-0.3, -0.25) is 10.1 Å². The van der Waals surface area contributed by atoms with Crippen molar-refractivity contribution in [3.8, 4) is 0 Å². The number of hydrogen-bond acceptors (Lipinski definition) is 6. The smallest absolute Gasteiger partial charge is 0.348 e. The first kappa shape index (κ1) is 14.1. The first-order chi connectivity index (χ1) is 8.23. The van der Waals surface area contributed by atoms with Crippen LogP contribution in [0.2, 0.25) is 0 Å². The minimum atomic E-state index is -0.861. The summed E-state index contributed by atoms with van der Waals surface area (Å²) in [5.74, 6) is 4.67. The van der Waals surface area contributed by atoms with Crippen LogP contribution in [0.15, 0.2) is 24.3 Å². The van der Waals surface area contributed by atoms with E-state index in [-0.39, 0.29) is 11.3 Å². The number of hydroxylamine groups is 1. The Kier molecular flexibility index (Phi) is 4.00. The second-order valence-electron chi connectivity index (χ2n) is 4.65. The van der Waals surface area contributed by atoms with E-state index in [0.717, 1.165) is 5.17 Å². The second-order valence-corrected chi connectivity index (χ2v) is 4.65. The monoisotopic (exact) mass is 253 g/mol. The highest BCUT2D eigenvalue weighted by atomic mass is 16.7. The number of nitrogens with zero attached hydrogens (tertiary/aromatic N) is 2. The van der Waals surface area contributed by atoms with Gasteiger partial charge in [-0.2, -0.15) is 0 Å². The number of para-hydroxylation sites is 1. The van der Waals surface area contributed by atoms with Gasteiger partial charge in [-0.1, -0.05) is 17.3 Å². The minimum Gasteiger partial charge on any atom is -0.348 e. The standard InChI is InChI=1S/C11H15N3O4/c1-11(2,3)14(12)18-10(15)8-6-4-5-7-9(8)13(16)17/h4-7H,12H2,1-3H3. The highest BCUT2D eigenvalue weighted by molar-refractivity contribution is 5.93. The molecule has 0 radical (unpaired) electrons. The number of carbonyl (C=O) groups is 1. The fourth-order valence-corrected chi connectivity index (χ4v) is 1.08. The van der Waals surface area contributed by atoms with Crippen molar-refractivity contribution in [2.45, 2.75) is 26.3 Å². The molecule has 0 spiro atoms. The van der Waals surface area contributed by atoms with Gasteiger partial charge < -0.3 is 4.84 Å². The average Bonchev–Trinajstić information content (AvgIpc) is 2.27. The van der Waals surface area contributed by atoms with Crippen molar-refractivity contribution < 1.29 is 14.6 Å². The summed E-state index contributed by atoms with van der Waals surface area (Å²) in [7, 11) is 0. The second kappa shape index (κ2) is 5.11.